The Morgan fingerprint density at radius 3 is 2.58 bits per heavy atom. The predicted octanol–water partition coefficient (Wildman–Crippen LogP) is 3.73. The van der Waals surface area contributed by atoms with Gasteiger partial charge in [-0.15, -0.1) is 0 Å². The third-order valence-electron chi connectivity index (χ3n) is 6.57. The molecule has 2 aromatic rings. The Bertz CT molecular complexity index is 941. The number of amides is 2. The summed E-state index contributed by atoms with van der Waals surface area (Å²) in [6, 6.07) is 11.9. The fourth-order valence-corrected chi connectivity index (χ4v) is 4.81. The zero-order valence-electron chi connectivity index (χ0n) is 18.8. The molecular formula is C25H33N3O3. The van der Waals surface area contributed by atoms with E-state index >= 15 is 0 Å². The molecule has 0 bridgehead atoms. The number of nitrogens with one attached hydrogen (secondary N) is 1. The van der Waals surface area contributed by atoms with Crippen LogP contribution in [-0.2, 0) is 11.8 Å². The summed E-state index contributed by atoms with van der Waals surface area (Å²) in [5.74, 6) is 1.62. The molecule has 1 fully saturated rings. The van der Waals surface area contributed by atoms with Crippen LogP contribution in [0.1, 0.15) is 61.5 Å². The van der Waals surface area contributed by atoms with Gasteiger partial charge in [0.05, 0.1) is 0 Å². The van der Waals surface area contributed by atoms with Gasteiger partial charge < -0.3 is 19.5 Å². The van der Waals surface area contributed by atoms with E-state index in [2.05, 4.69) is 25.2 Å². The number of piperidine rings is 1. The zero-order chi connectivity index (χ0) is 22.0. The maximum atomic E-state index is 12.9. The number of rotatable bonds is 5. The molecule has 0 aliphatic carbocycles. The average molecular weight is 424 g/mol. The normalized spacial score (nSPS) is 19.7. The molecule has 0 saturated carbocycles. The molecule has 1 aromatic carbocycles. The molecule has 6 heteroatoms. The number of para-hydroxylation sites is 1. The van der Waals surface area contributed by atoms with Crippen LogP contribution in [0.25, 0.3) is 0 Å². The molecule has 1 aromatic heterocycles. The summed E-state index contributed by atoms with van der Waals surface area (Å²) in [6.07, 6.45) is 4.74. The van der Waals surface area contributed by atoms with Crippen molar-refractivity contribution in [3.8, 4) is 5.75 Å². The van der Waals surface area contributed by atoms with Crippen LogP contribution in [0.3, 0.4) is 0 Å². The van der Waals surface area contributed by atoms with Gasteiger partial charge in [0.1, 0.15) is 17.0 Å². The Labute approximate surface area is 184 Å². The topological polar surface area (TPSA) is 63.6 Å². The summed E-state index contributed by atoms with van der Waals surface area (Å²) < 4.78 is 8.40. The standard InChI is InChI=1S/C25H33N3O3/c1-18(2)17-26-23(29)15-19-16-25(31-22-9-5-4-7-20(19)22)10-13-28(14-11-25)24(30)21-8-6-12-27(21)3/h4-9,12,18-19H,10-11,13-17H2,1-3H3,(H,26,29). The Morgan fingerprint density at radius 2 is 1.90 bits per heavy atom. The second-order valence-corrected chi connectivity index (χ2v) is 9.42. The number of ether oxygens (including phenoxy) is 1. The van der Waals surface area contributed by atoms with Gasteiger partial charge in [-0.3, -0.25) is 9.59 Å². The number of fused-ring (bicyclic) bond motifs is 1. The van der Waals surface area contributed by atoms with Gasteiger partial charge in [0.2, 0.25) is 5.91 Å². The molecule has 166 valence electrons. The Morgan fingerprint density at radius 1 is 1.16 bits per heavy atom. The molecule has 1 saturated heterocycles. The first-order valence-electron chi connectivity index (χ1n) is 11.3. The summed E-state index contributed by atoms with van der Waals surface area (Å²) >= 11 is 0. The number of hydrogen-bond donors (Lipinski definition) is 1. The highest BCUT2D eigenvalue weighted by Gasteiger charge is 2.44. The number of likely N-dealkylation sites (tertiary alicyclic amines) is 1. The highest BCUT2D eigenvalue weighted by atomic mass is 16.5. The third kappa shape index (κ3) is 4.63. The number of aromatic nitrogens is 1. The van der Waals surface area contributed by atoms with Gasteiger partial charge in [0, 0.05) is 58.1 Å². The molecular weight excluding hydrogens is 390 g/mol. The first-order chi connectivity index (χ1) is 14.9. The van der Waals surface area contributed by atoms with Gasteiger partial charge in [-0.2, -0.15) is 0 Å². The molecule has 2 aliphatic heterocycles. The van der Waals surface area contributed by atoms with E-state index in [4.69, 9.17) is 4.74 Å². The maximum absolute atomic E-state index is 12.9. The first kappa shape index (κ1) is 21.5. The van der Waals surface area contributed by atoms with Crippen LogP contribution in [0.15, 0.2) is 42.6 Å². The number of benzene rings is 1. The second-order valence-electron chi connectivity index (χ2n) is 9.42. The minimum Gasteiger partial charge on any atom is -0.487 e. The van der Waals surface area contributed by atoms with Gasteiger partial charge in [0.15, 0.2) is 0 Å². The molecule has 1 N–H and O–H groups in total. The smallest absolute Gasteiger partial charge is 0.270 e. The number of carbonyl (C=O) groups excluding carboxylic acids is 2. The lowest BCUT2D eigenvalue weighted by atomic mass is 9.76. The Balaban J connectivity index is 1.46. The van der Waals surface area contributed by atoms with Crippen LogP contribution in [0.4, 0.5) is 0 Å². The van der Waals surface area contributed by atoms with Crippen LogP contribution >= 0.6 is 0 Å². The number of hydrogen-bond acceptors (Lipinski definition) is 3. The lowest BCUT2D eigenvalue weighted by Crippen LogP contribution is -2.52. The highest BCUT2D eigenvalue weighted by molar-refractivity contribution is 5.92. The Hall–Kier alpha value is -2.76. The fourth-order valence-electron chi connectivity index (χ4n) is 4.81. The van der Waals surface area contributed by atoms with Gasteiger partial charge in [-0.1, -0.05) is 32.0 Å². The van der Waals surface area contributed by atoms with E-state index in [0.29, 0.717) is 37.7 Å². The minimum absolute atomic E-state index is 0.0724. The van der Waals surface area contributed by atoms with E-state index in [9.17, 15) is 9.59 Å². The monoisotopic (exact) mass is 423 g/mol. The molecule has 1 spiro atoms. The van der Waals surface area contributed by atoms with Crippen LogP contribution in [0.5, 0.6) is 5.75 Å². The number of nitrogens with zero attached hydrogens (tertiary/aromatic N) is 2. The summed E-state index contributed by atoms with van der Waals surface area (Å²) in [4.78, 5) is 27.4. The molecule has 6 nitrogen and oxygen atoms in total. The third-order valence-corrected chi connectivity index (χ3v) is 6.57. The Kier molecular flexibility index (Phi) is 6.08. The summed E-state index contributed by atoms with van der Waals surface area (Å²) in [5.41, 5.74) is 1.52. The van der Waals surface area contributed by atoms with E-state index in [1.807, 2.05) is 53.0 Å². The van der Waals surface area contributed by atoms with Crippen molar-refractivity contribution in [2.45, 2.75) is 51.0 Å². The largest absolute Gasteiger partial charge is 0.487 e. The second kappa shape index (κ2) is 8.77. The molecule has 0 radical (unpaired) electrons. The molecule has 1 unspecified atom stereocenters. The van der Waals surface area contributed by atoms with Crippen molar-refractivity contribution in [1.82, 2.24) is 14.8 Å². The van der Waals surface area contributed by atoms with Crippen molar-refractivity contribution in [3.05, 3.63) is 53.9 Å². The molecule has 2 amide bonds. The van der Waals surface area contributed by atoms with Crippen molar-refractivity contribution in [1.29, 1.82) is 0 Å². The van der Waals surface area contributed by atoms with E-state index < -0.39 is 0 Å². The first-order valence-corrected chi connectivity index (χ1v) is 11.3. The SMILES string of the molecule is CC(C)CNC(=O)CC1CC2(CCN(C(=O)c3cccn3C)CC2)Oc2ccccc21. The van der Waals surface area contributed by atoms with Crippen molar-refractivity contribution in [2.75, 3.05) is 19.6 Å². The fraction of sp³-hybridized carbons (Fsp3) is 0.520. The van der Waals surface area contributed by atoms with Crippen LogP contribution in [-0.4, -0.2) is 46.5 Å². The molecule has 31 heavy (non-hydrogen) atoms. The van der Waals surface area contributed by atoms with E-state index in [0.717, 1.165) is 30.6 Å². The van der Waals surface area contributed by atoms with Gasteiger partial charge in [0.25, 0.3) is 5.91 Å². The molecule has 4 rings (SSSR count). The minimum atomic E-state index is -0.317. The van der Waals surface area contributed by atoms with Gasteiger partial charge >= 0.3 is 0 Å². The summed E-state index contributed by atoms with van der Waals surface area (Å²) in [5, 5.41) is 3.06. The quantitative estimate of drug-likeness (QED) is 0.797. The highest BCUT2D eigenvalue weighted by Crippen LogP contribution is 2.46. The van der Waals surface area contributed by atoms with Gasteiger partial charge in [-0.25, -0.2) is 0 Å². The number of aryl methyl sites for hydroxylation is 1. The average Bonchev–Trinajstić information content (AvgIpc) is 3.18. The van der Waals surface area contributed by atoms with Gasteiger partial charge in [-0.05, 0) is 36.1 Å². The maximum Gasteiger partial charge on any atom is 0.270 e. The van der Waals surface area contributed by atoms with Crippen LogP contribution < -0.4 is 10.1 Å². The van der Waals surface area contributed by atoms with E-state index in [1.54, 1.807) is 0 Å². The molecule has 1 atom stereocenters. The van der Waals surface area contributed by atoms with Crippen molar-refractivity contribution < 1.29 is 14.3 Å². The lowest BCUT2D eigenvalue weighted by molar-refractivity contribution is -0.122. The van der Waals surface area contributed by atoms with Crippen LogP contribution in [0.2, 0.25) is 0 Å². The lowest BCUT2D eigenvalue weighted by Gasteiger charge is -2.47. The summed E-state index contributed by atoms with van der Waals surface area (Å²) in [6.45, 7) is 6.23. The van der Waals surface area contributed by atoms with Crippen molar-refractivity contribution in [3.63, 3.8) is 0 Å². The van der Waals surface area contributed by atoms with Crippen LogP contribution in [0, 0.1) is 5.92 Å². The summed E-state index contributed by atoms with van der Waals surface area (Å²) in [7, 11) is 1.90. The van der Waals surface area contributed by atoms with Crippen molar-refractivity contribution >= 4 is 11.8 Å². The number of carbonyl (C=O) groups is 2. The van der Waals surface area contributed by atoms with E-state index in [-0.39, 0.29) is 23.3 Å². The molecule has 3 heterocycles. The zero-order valence-corrected chi connectivity index (χ0v) is 18.8. The molecule has 2 aliphatic rings. The van der Waals surface area contributed by atoms with Crippen molar-refractivity contribution in [2.24, 2.45) is 13.0 Å². The predicted molar refractivity (Wildman–Crippen MR) is 120 cm³/mol. The van der Waals surface area contributed by atoms with E-state index in [1.165, 1.54) is 0 Å².